The summed E-state index contributed by atoms with van der Waals surface area (Å²) in [5.41, 5.74) is 0.849. The molecule has 0 bridgehead atoms. The van der Waals surface area contributed by atoms with Crippen molar-refractivity contribution in [1.29, 1.82) is 0 Å². The van der Waals surface area contributed by atoms with Crippen LogP contribution in [0.2, 0.25) is 5.02 Å². The van der Waals surface area contributed by atoms with E-state index in [1.54, 1.807) is 6.07 Å². The third-order valence-electron chi connectivity index (χ3n) is 3.22. The highest BCUT2D eigenvalue weighted by Gasteiger charge is 2.29. The Morgan fingerprint density at radius 3 is 2.82 bits per heavy atom. The first-order valence-electron chi connectivity index (χ1n) is 5.79. The Hall–Kier alpha value is -1.06. The molecule has 0 radical (unpaired) electrons. The summed E-state index contributed by atoms with van der Waals surface area (Å²) < 4.78 is 5.28. The zero-order valence-corrected chi connectivity index (χ0v) is 10.5. The van der Waals surface area contributed by atoms with Crippen molar-refractivity contribution < 1.29 is 9.53 Å². The molecule has 0 aliphatic carbocycles. The summed E-state index contributed by atoms with van der Waals surface area (Å²) >= 11 is 5.99. The molecule has 92 valence electrons. The lowest BCUT2D eigenvalue weighted by Crippen LogP contribution is -2.47. The fourth-order valence-corrected chi connectivity index (χ4v) is 1.94. The van der Waals surface area contributed by atoms with Crippen LogP contribution in [0.5, 0.6) is 0 Å². The second-order valence-corrected chi connectivity index (χ2v) is 4.81. The van der Waals surface area contributed by atoms with Gasteiger partial charge in [-0.25, -0.2) is 0 Å². The number of carbonyl (C=O) groups is 1. The van der Waals surface area contributed by atoms with Crippen molar-refractivity contribution >= 4 is 17.6 Å². The highest BCUT2D eigenvalue weighted by atomic mass is 35.5. The van der Waals surface area contributed by atoms with Gasteiger partial charge >= 0.3 is 5.97 Å². The molecule has 1 N–H and O–H groups in total. The molecule has 1 aliphatic heterocycles. The number of carbonyl (C=O) groups excluding carboxylic acids is 1. The molecular formula is C13H16ClNO2. The highest BCUT2D eigenvalue weighted by Crippen LogP contribution is 2.20. The number of hydrogen-bond acceptors (Lipinski definition) is 3. The molecule has 1 atom stereocenters. The smallest absolute Gasteiger partial charge is 0.309 e. The van der Waals surface area contributed by atoms with Crippen LogP contribution in [-0.2, 0) is 16.1 Å². The van der Waals surface area contributed by atoms with E-state index in [1.165, 1.54) is 0 Å². The van der Waals surface area contributed by atoms with Crippen LogP contribution >= 0.6 is 11.6 Å². The Kier molecular flexibility index (Phi) is 4.02. The SMILES string of the molecule is CC(C(=O)OCc1ccccc1Cl)C1CNC1. The molecule has 2 rings (SSSR count). The van der Waals surface area contributed by atoms with Gasteiger partial charge < -0.3 is 10.1 Å². The first kappa shape index (κ1) is 12.4. The molecule has 1 heterocycles. The minimum Gasteiger partial charge on any atom is -0.461 e. The van der Waals surface area contributed by atoms with E-state index in [-0.39, 0.29) is 18.5 Å². The van der Waals surface area contributed by atoms with E-state index in [0.29, 0.717) is 10.9 Å². The Labute approximate surface area is 106 Å². The third-order valence-corrected chi connectivity index (χ3v) is 3.59. The molecule has 0 spiro atoms. The predicted octanol–water partition coefficient (Wildman–Crippen LogP) is 2.24. The molecule has 17 heavy (non-hydrogen) atoms. The molecule has 1 fully saturated rings. The summed E-state index contributed by atoms with van der Waals surface area (Å²) in [6, 6.07) is 7.40. The van der Waals surface area contributed by atoms with Crippen molar-refractivity contribution in [2.24, 2.45) is 11.8 Å². The molecule has 4 heteroatoms. The van der Waals surface area contributed by atoms with Crippen LogP contribution in [0.3, 0.4) is 0 Å². The summed E-state index contributed by atoms with van der Waals surface area (Å²) in [5.74, 6) is 0.226. The number of ether oxygens (including phenoxy) is 1. The lowest BCUT2D eigenvalue weighted by molar-refractivity contribution is -0.151. The van der Waals surface area contributed by atoms with Crippen molar-refractivity contribution in [1.82, 2.24) is 5.32 Å². The van der Waals surface area contributed by atoms with E-state index in [9.17, 15) is 4.79 Å². The number of hydrogen-bond donors (Lipinski definition) is 1. The molecule has 0 amide bonds. The van der Waals surface area contributed by atoms with Crippen LogP contribution in [0.1, 0.15) is 12.5 Å². The molecule has 1 unspecified atom stereocenters. The first-order chi connectivity index (χ1) is 8.18. The van der Waals surface area contributed by atoms with Gasteiger partial charge in [0.25, 0.3) is 0 Å². The number of benzene rings is 1. The van der Waals surface area contributed by atoms with Crippen molar-refractivity contribution in [3.63, 3.8) is 0 Å². The normalized spacial score (nSPS) is 17.3. The van der Waals surface area contributed by atoms with Gasteiger partial charge in [-0.3, -0.25) is 4.79 Å². The van der Waals surface area contributed by atoms with E-state index < -0.39 is 0 Å². The Balaban J connectivity index is 1.85. The maximum Gasteiger partial charge on any atom is 0.309 e. The van der Waals surface area contributed by atoms with Gasteiger partial charge in [0.2, 0.25) is 0 Å². The summed E-state index contributed by atoms with van der Waals surface area (Å²) in [7, 11) is 0. The predicted molar refractivity (Wildman–Crippen MR) is 66.8 cm³/mol. The minimum absolute atomic E-state index is 0.0428. The van der Waals surface area contributed by atoms with Gasteiger partial charge in [-0.15, -0.1) is 0 Å². The third kappa shape index (κ3) is 2.99. The fourth-order valence-electron chi connectivity index (χ4n) is 1.75. The van der Waals surface area contributed by atoms with Crippen molar-refractivity contribution in [2.45, 2.75) is 13.5 Å². The van der Waals surface area contributed by atoms with Crippen LogP contribution in [0.25, 0.3) is 0 Å². The van der Waals surface area contributed by atoms with Crippen LogP contribution in [-0.4, -0.2) is 19.1 Å². The summed E-state index contributed by atoms with van der Waals surface area (Å²) in [4.78, 5) is 11.8. The zero-order chi connectivity index (χ0) is 12.3. The van der Waals surface area contributed by atoms with Crippen molar-refractivity contribution in [3.8, 4) is 0 Å². The Morgan fingerprint density at radius 1 is 1.53 bits per heavy atom. The largest absolute Gasteiger partial charge is 0.461 e. The molecule has 3 nitrogen and oxygen atoms in total. The number of rotatable bonds is 4. The molecule has 1 saturated heterocycles. The fraction of sp³-hybridized carbons (Fsp3) is 0.462. The van der Waals surface area contributed by atoms with Crippen LogP contribution in [0.4, 0.5) is 0 Å². The molecule has 0 saturated carbocycles. The lowest BCUT2D eigenvalue weighted by Gasteiger charge is -2.31. The highest BCUT2D eigenvalue weighted by molar-refractivity contribution is 6.31. The summed E-state index contributed by atoms with van der Waals surface area (Å²) in [6.45, 7) is 3.98. The van der Waals surface area contributed by atoms with E-state index >= 15 is 0 Å². The molecule has 1 aromatic carbocycles. The number of esters is 1. The first-order valence-corrected chi connectivity index (χ1v) is 6.17. The maximum atomic E-state index is 11.8. The van der Waals surface area contributed by atoms with Gasteiger partial charge in [0.1, 0.15) is 6.61 Å². The maximum absolute atomic E-state index is 11.8. The van der Waals surface area contributed by atoms with Crippen molar-refractivity contribution in [3.05, 3.63) is 34.9 Å². The van der Waals surface area contributed by atoms with Crippen LogP contribution < -0.4 is 5.32 Å². The molecule has 1 aromatic rings. The average molecular weight is 254 g/mol. The second kappa shape index (κ2) is 5.52. The number of nitrogens with one attached hydrogen (secondary N) is 1. The van der Waals surface area contributed by atoms with Gasteiger partial charge in [-0.05, 0) is 25.1 Å². The van der Waals surface area contributed by atoms with Crippen LogP contribution in [0.15, 0.2) is 24.3 Å². The Bertz CT molecular complexity index is 404. The van der Waals surface area contributed by atoms with Crippen molar-refractivity contribution in [2.75, 3.05) is 13.1 Å². The van der Waals surface area contributed by atoms with Gasteiger partial charge in [-0.1, -0.05) is 36.7 Å². The van der Waals surface area contributed by atoms with Gasteiger partial charge in [-0.2, -0.15) is 0 Å². The van der Waals surface area contributed by atoms with Gasteiger partial charge in [0, 0.05) is 10.6 Å². The van der Waals surface area contributed by atoms with Gasteiger partial charge in [0.15, 0.2) is 0 Å². The Morgan fingerprint density at radius 2 is 2.24 bits per heavy atom. The topological polar surface area (TPSA) is 38.3 Å². The van der Waals surface area contributed by atoms with E-state index in [4.69, 9.17) is 16.3 Å². The lowest BCUT2D eigenvalue weighted by atomic mass is 9.89. The second-order valence-electron chi connectivity index (χ2n) is 4.41. The van der Waals surface area contributed by atoms with E-state index in [0.717, 1.165) is 18.7 Å². The standard InChI is InChI=1S/C13H16ClNO2/c1-9(11-6-15-7-11)13(16)17-8-10-4-2-3-5-12(10)14/h2-5,9,11,15H,6-8H2,1H3. The minimum atomic E-state index is -0.142. The molecular weight excluding hydrogens is 238 g/mol. The van der Waals surface area contributed by atoms with Crippen LogP contribution in [0, 0.1) is 11.8 Å². The molecule has 1 aliphatic rings. The number of halogens is 1. The molecule has 0 aromatic heterocycles. The quantitative estimate of drug-likeness (QED) is 0.837. The summed E-state index contributed by atoms with van der Waals surface area (Å²) in [6.07, 6.45) is 0. The summed E-state index contributed by atoms with van der Waals surface area (Å²) in [5, 5.41) is 3.79. The average Bonchev–Trinajstić information content (AvgIpc) is 2.25. The monoisotopic (exact) mass is 253 g/mol. The van der Waals surface area contributed by atoms with Gasteiger partial charge in [0.05, 0.1) is 5.92 Å². The van der Waals surface area contributed by atoms with E-state index in [2.05, 4.69) is 5.32 Å². The zero-order valence-electron chi connectivity index (χ0n) is 9.78. The van der Waals surface area contributed by atoms with E-state index in [1.807, 2.05) is 25.1 Å².